The first-order valence-electron chi connectivity index (χ1n) is 9.27. The lowest BCUT2D eigenvalue weighted by molar-refractivity contribution is -0.117. The zero-order valence-corrected chi connectivity index (χ0v) is 16.0. The van der Waals surface area contributed by atoms with Crippen LogP contribution >= 0.6 is 0 Å². The van der Waals surface area contributed by atoms with E-state index in [4.69, 9.17) is 9.47 Å². The summed E-state index contributed by atoms with van der Waals surface area (Å²) in [5.41, 5.74) is 2.22. The molecule has 31 heavy (non-hydrogen) atoms. The van der Waals surface area contributed by atoms with E-state index in [0.717, 1.165) is 15.9 Å². The van der Waals surface area contributed by atoms with Crippen LogP contribution in [0.5, 0.6) is 11.5 Å². The van der Waals surface area contributed by atoms with Crippen molar-refractivity contribution in [3.63, 3.8) is 0 Å². The lowest BCUT2D eigenvalue weighted by Gasteiger charge is -2.09. The molecule has 0 unspecified atom stereocenters. The number of carbonyl (C=O) groups excluding carboxylic acids is 1. The van der Waals surface area contributed by atoms with E-state index in [0.29, 0.717) is 22.9 Å². The maximum Gasteiger partial charge on any atom is 0.267 e. The molecule has 2 aromatic heterocycles. The Morgan fingerprint density at radius 1 is 1.03 bits per heavy atom. The van der Waals surface area contributed by atoms with Gasteiger partial charge in [-0.05, 0) is 59.0 Å². The number of aromatic nitrogens is 6. The first kappa shape index (κ1) is 18.5. The number of rotatable bonds is 5. The summed E-state index contributed by atoms with van der Waals surface area (Å²) in [5, 5.41) is 18.0. The zero-order chi connectivity index (χ0) is 21.2. The molecule has 4 aromatic rings. The molecular formula is C20H15N7O4. The van der Waals surface area contributed by atoms with Gasteiger partial charge in [0.15, 0.2) is 11.5 Å². The van der Waals surface area contributed by atoms with Gasteiger partial charge in [-0.3, -0.25) is 9.59 Å². The van der Waals surface area contributed by atoms with Crippen LogP contribution in [0.3, 0.4) is 0 Å². The van der Waals surface area contributed by atoms with Crippen molar-refractivity contribution in [1.82, 2.24) is 30.0 Å². The van der Waals surface area contributed by atoms with Crippen LogP contribution in [-0.2, 0) is 11.3 Å². The van der Waals surface area contributed by atoms with Gasteiger partial charge in [0.2, 0.25) is 12.7 Å². The predicted octanol–water partition coefficient (Wildman–Crippen LogP) is 1.25. The Labute approximate surface area is 174 Å². The number of tetrazole rings is 1. The highest BCUT2D eigenvalue weighted by atomic mass is 16.7. The molecule has 0 saturated carbocycles. The van der Waals surface area contributed by atoms with Crippen molar-refractivity contribution in [1.29, 1.82) is 0 Å². The SMILES string of the molecule is O=C(Cn1nc(-c2ccc3c(c2)OCO3)ccc1=O)Nc1ccc(-n2cnnn2)cc1. The highest BCUT2D eigenvalue weighted by molar-refractivity contribution is 5.90. The molecule has 0 spiro atoms. The Hall–Kier alpha value is -4.54. The Bertz CT molecular complexity index is 1300. The summed E-state index contributed by atoms with van der Waals surface area (Å²) in [6, 6.07) is 15.3. The molecule has 1 aliphatic rings. The topological polar surface area (TPSA) is 126 Å². The molecule has 3 heterocycles. The van der Waals surface area contributed by atoms with Crippen molar-refractivity contribution in [2.24, 2.45) is 0 Å². The average Bonchev–Trinajstić information content (AvgIpc) is 3.47. The molecule has 1 N–H and O–H groups in total. The second-order valence-corrected chi connectivity index (χ2v) is 6.63. The minimum Gasteiger partial charge on any atom is -0.454 e. The van der Waals surface area contributed by atoms with Crippen LogP contribution in [0.2, 0.25) is 0 Å². The minimum absolute atomic E-state index is 0.169. The maximum absolute atomic E-state index is 12.5. The van der Waals surface area contributed by atoms with E-state index in [1.807, 2.05) is 6.07 Å². The first-order chi connectivity index (χ1) is 15.2. The number of nitrogens with zero attached hydrogens (tertiary/aromatic N) is 6. The van der Waals surface area contributed by atoms with Crippen molar-refractivity contribution in [2.75, 3.05) is 12.1 Å². The van der Waals surface area contributed by atoms with Gasteiger partial charge in [0.1, 0.15) is 12.9 Å². The van der Waals surface area contributed by atoms with E-state index in [2.05, 4.69) is 25.9 Å². The fourth-order valence-electron chi connectivity index (χ4n) is 3.09. The van der Waals surface area contributed by atoms with Gasteiger partial charge in [-0.2, -0.15) is 5.10 Å². The largest absolute Gasteiger partial charge is 0.454 e. The summed E-state index contributed by atoms with van der Waals surface area (Å²) < 4.78 is 13.3. The monoisotopic (exact) mass is 417 g/mol. The molecule has 2 aromatic carbocycles. The summed E-state index contributed by atoms with van der Waals surface area (Å²) in [6.07, 6.45) is 1.47. The third kappa shape index (κ3) is 3.83. The summed E-state index contributed by atoms with van der Waals surface area (Å²) in [4.78, 5) is 24.7. The average molecular weight is 417 g/mol. The van der Waals surface area contributed by atoms with Gasteiger partial charge in [-0.15, -0.1) is 5.10 Å². The standard InChI is InChI=1S/C20H15N7O4/c28-19(22-14-2-4-15(5-3-14)27-11-21-24-25-27)10-26-20(29)8-6-16(23-26)13-1-7-17-18(9-13)31-12-30-17/h1-9,11H,10,12H2,(H,22,28). The van der Waals surface area contributed by atoms with E-state index < -0.39 is 0 Å². The third-order valence-corrected chi connectivity index (χ3v) is 4.59. The minimum atomic E-state index is -0.382. The van der Waals surface area contributed by atoms with Crippen LogP contribution in [0.25, 0.3) is 16.9 Å². The number of hydrogen-bond donors (Lipinski definition) is 1. The van der Waals surface area contributed by atoms with Gasteiger partial charge >= 0.3 is 0 Å². The van der Waals surface area contributed by atoms with E-state index in [1.54, 1.807) is 42.5 Å². The highest BCUT2D eigenvalue weighted by Crippen LogP contribution is 2.35. The smallest absolute Gasteiger partial charge is 0.267 e. The second kappa shape index (κ2) is 7.71. The molecule has 0 fully saturated rings. The van der Waals surface area contributed by atoms with Crippen LogP contribution in [0.4, 0.5) is 5.69 Å². The van der Waals surface area contributed by atoms with Crippen LogP contribution in [0.1, 0.15) is 0 Å². The van der Waals surface area contributed by atoms with Crippen LogP contribution in [0, 0.1) is 0 Å². The Kier molecular flexibility index (Phi) is 4.60. The Morgan fingerprint density at radius 2 is 1.87 bits per heavy atom. The van der Waals surface area contributed by atoms with Crippen molar-refractivity contribution < 1.29 is 14.3 Å². The van der Waals surface area contributed by atoms with Crippen molar-refractivity contribution in [3.05, 3.63) is 71.3 Å². The molecule has 0 radical (unpaired) electrons. The normalized spacial score (nSPS) is 12.0. The van der Waals surface area contributed by atoms with Gasteiger partial charge < -0.3 is 14.8 Å². The second-order valence-electron chi connectivity index (χ2n) is 6.63. The molecule has 1 amide bonds. The number of hydrogen-bond acceptors (Lipinski definition) is 8. The van der Waals surface area contributed by atoms with Crippen molar-refractivity contribution in [3.8, 4) is 28.4 Å². The number of benzene rings is 2. The number of anilines is 1. The molecule has 0 saturated heterocycles. The first-order valence-corrected chi connectivity index (χ1v) is 9.27. The van der Waals surface area contributed by atoms with Gasteiger partial charge in [-0.25, -0.2) is 9.36 Å². The Morgan fingerprint density at radius 3 is 2.68 bits per heavy atom. The van der Waals surface area contributed by atoms with Crippen molar-refractivity contribution in [2.45, 2.75) is 6.54 Å². The Balaban J connectivity index is 1.31. The summed E-state index contributed by atoms with van der Waals surface area (Å²) in [5.74, 6) is 0.884. The van der Waals surface area contributed by atoms with Gasteiger partial charge in [0, 0.05) is 17.3 Å². The molecule has 11 nitrogen and oxygen atoms in total. The predicted molar refractivity (Wildman–Crippen MR) is 108 cm³/mol. The number of amides is 1. The molecule has 1 aliphatic heterocycles. The van der Waals surface area contributed by atoms with E-state index in [9.17, 15) is 9.59 Å². The number of carbonyl (C=O) groups is 1. The van der Waals surface area contributed by atoms with Crippen LogP contribution in [-0.4, -0.2) is 42.7 Å². The van der Waals surface area contributed by atoms with Crippen LogP contribution < -0.4 is 20.3 Å². The maximum atomic E-state index is 12.5. The molecule has 0 atom stereocenters. The van der Waals surface area contributed by atoms with Gasteiger partial charge in [0.05, 0.1) is 11.4 Å². The third-order valence-electron chi connectivity index (χ3n) is 4.59. The quantitative estimate of drug-likeness (QED) is 0.514. The summed E-state index contributed by atoms with van der Waals surface area (Å²) in [6.45, 7) is -0.0610. The summed E-state index contributed by atoms with van der Waals surface area (Å²) >= 11 is 0. The van der Waals surface area contributed by atoms with Gasteiger partial charge in [0.25, 0.3) is 5.56 Å². The lowest BCUT2D eigenvalue weighted by atomic mass is 10.1. The lowest BCUT2D eigenvalue weighted by Crippen LogP contribution is -2.29. The molecule has 154 valence electrons. The zero-order valence-electron chi connectivity index (χ0n) is 16.0. The number of nitrogens with one attached hydrogen (secondary N) is 1. The van der Waals surface area contributed by atoms with Crippen LogP contribution in [0.15, 0.2) is 65.7 Å². The van der Waals surface area contributed by atoms with Gasteiger partial charge in [-0.1, -0.05) is 0 Å². The highest BCUT2D eigenvalue weighted by Gasteiger charge is 2.15. The number of ether oxygens (including phenoxy) is 2. The van der Waals surface area contributed by atoms with E-state index in [1.165, 1.54) is 17.1 Å². The van der Waals surface area contributed by atoms with E-state index in [-0.39, 0.29) is 24.8 Å². The molecule has 0 aliphatic carbocycles. The molecular weight excluding hydrogens is 402 g/mol. The fraction of sp³-hybridized carbons (Fsp3) is 0.100. The van der Waals surface area contributed by atoms with E-state index >= 15 is 0 Å². The molecule has 5 rings (SSSR count). The summed E-state index contributed by atoms with van der Waals surface area (Å²) in [7, 11) is 0. The van der Waals surface area contributed by atoms with Crippen molar-refractivity contribution >= 4 is 11.6 Å². The number of fused-ring (bicyclic) bond motifs is 1. The molecule has 0 bridgehead atoms. The molecule has 11 heteroatoms. The fourth-order valence-corrected chi connectivity index (χ4v) is 3.09.